The minimum atomic E-state index is -0.385. The normalized spacial score (nSPS) is 12.4. The molecule has 7 heteroatoms. The summed E-state index contributed by atoms with van der Waals surface area (Å²) in [5, 5.41) is 11.2. The van der Waals surface area contributed by atoms with Crippen molar-refractivity contribution in [1.29, 1.82) is 0 Å². The van der Waals surface area contributed by atoms with Crippen molar-refractivity contribution in [3.8, 4) is 16.9 Å². The number of aromatic nitrogens is 1. The van der Waals surface area contributed by atoms with E-state index in [4.69, 9.17) is 9.47 Å². The van der Waals surface area contributed by atoms with Crippen LogP contribution in [-0.2, 0) is 17.9 Å². The molecule has 0 saturated heterocycles. The van der Waals surface area contributed by atoms with Gasteiger partial charge in [-0.05, 0) is 11.6 Å². The lowest BCUT2D eigenvalue weighted by atomic mass is 10.1. The number of halogens is 1. The number of nitro benzene ring substituents is 1. The minimum Gasteiger partial charge on any atom is -1.00 e. The second-order valence-corrected chi connectivity index (χ2v) is 6.09. The van der Waals surface area contributed by atoms with E-state index in [0.717, 1.165) is 16.7 Å². The van der Waals surface area contributed by atoms with E-state index in [1.165, 1.54) is 6.07 Å². The van der Waals surface area contributed by atoms with Gasteiger partial charge in [0, 0.05) is 29.3 Å². The van der Waals surface area contributed by atoms with Gasteiger partial charge in [-0.25, -0.2) is 4.57 Å². The largest absolute Gasteiger partial charge is 1.00 e. The van der Waals surface area contributed by atoms with Crippen LogP contribution in [0.15, 0.2) is 67.0 Å². The molecule has 3 aromatic rings. The van der Waals surface area contributed by atoms with Crippen LogP contribution in [0.3, 0.4) is 0 Å². The Kier molecular flexibility index (Phi) is 5.69. The summed E-state index contributed by atoms with van der Waals surface area (Å²) < 4.78 is 12.9. The van der Waals surface area contributed by atoms with E-state index in [9.17, 15) is 10.1 Å². The zero-order valence-electron chi connectivity index (χ0n) is 14.4. The first-order valence-electron chi connectivity index (χ1n) is 8.26. The Morgan fingerprint density at radius 2 is 1.85 bits per heavy atom. The Morgan fingerprint density at radius 3 is 2.63 bits per heavy atom. The fraction of sp³-hybridized carbons (Fsp3) is 0.150. The van der Waals surface area contributed by atoms with Gasteiger partial charge in [0.15, 0.2) is 25.7 Å². The van der Waals surface area contributed by atoms with Gasteiger partial charge in [-0.2, -0.15) is 0 Å². The third-order valence-electron chi connectivity index (χ3n) is 4.30. The van der Waals surface area contributed by atoms with Crippen LogP contribution in [0.25, 0.3) is 11.1 Å². The minimum absolute atomic E-state index is 0. The SMILES string of the molecule is O=[N+]([O-])c1cc2c(c(C[n+]3cccc(-c4ccccc4)c3)c1)OCOC2.[Cl-]. The summed E-state index contributed by atoms with van der Waals surface area (Å²) >= 11 is 0. The highest BCUT2D eigenvalue weighted by Gasteiger charge is 2.23. The Bertz CT molecular complexity index is 963. The third kappa shape index (κ3) is 4.07. The highest BCUT2D eigenvalue weighted by atomic mass is 35.5. The number of hydrogen-bond donors (Lipinski definition) is 0. The molecule has 0 amide bonds. The smallest absolute Gasteiger partial charge is 0.270 e. The van der Waals surface area contributed by atoms with Gasteiger partial charge in [0.05, 0.1) is 17.1 Å². The lowest BCUT2D eigenvalue weighted by Crippen LogP contribution is -3.00. The molecule has 0 aliphatic carbocycles. The molecule has 2 heterocycles. The molecule has 0 atom stereocenters. The number of nitrogens with zero attached hydrogens (tertiary/aromatic N) is 2. The third-order valence-corrected chi connectivity index (χ3v) is 4.30. The molecule has 27 heavy (non-hydrogen) atoms. The zero-order valence-corrected chi connectivity index (χ0v) is 15.1. The fourth-order valence-corrected chi connectivity index (χ4v) is 3.12. The Labute approximate surface area is 162 Å². The molecule has 1 aromatic heterocycles. The van der Waals surface area contributed by atoms with Crippen molar-refractivity contribution in [3.05, 3.63) is 88.2 Å². The summed E-state index contributed by atoms with van der Waals surface area (Å²) in [5.41, 5.74) is 3.73. The Morgan fingerprint density at radius 1 is 1.07 bits per heavy atom. The van der Waals surface area contributed by atoms with Gasteiger partial charge in [0.2, 0.25) is 0 Å². The average Bonchev–Trinajstić information content (AvgIpc) is 2.69. The van der Waals surface area contributed by atoms with E-state index in [1.54, 1.807) is 6.07 Å². The summed E-state index contributed by atoms with van der Waals surface area (Å²) in [4.78, 5) is 10.9. The molecule has 0 fully saturated rings. The summed E-state index contributed by atoms with van der Waals surface area (Å²) in [6.45, 7) is 0.954. The predicted molar refractivity (Wildman–Crippen MR) is 94.6 cm³/mol. The second-order valence-electron chi connectivity index (χ2n) is 6.09. The first-order valence-corrected chi connectivity index (χ1v) is 8.26. The van der Waals surface area contributed by atoms with Crippen LogP contribution >= 0.6 is 0 Å². The molecule has 1 aliphatic rings. The van der Waals surface area contributed by atoms with Crippen LogP contribution in [0.2, 0.25) is 0 Å². The van der Waals surface area contributed by atoms with Crippen LogP contribution in [0.5, 0.6) is 5.75 Å². The first kappa shape index (κ1) is 18.8. The molecule has 0 bridgehead atoms. The number of non-ortho nitro benzene ring substituents is 1. The van der Waals surface area contributed by atoms with Crippen molar-refractivity contribution in [1.82, 2.24) is 0 Å². The van der Waals surface area contributed by atoms with Crippen LogP contribution < -0.4 is 21.7 Å². The molecule has 2 aromatic carbocycles. The molecule has 138 valence electrons. The number of benzene rings is 2. The number of hydrogen-bond acceptors (Lipinski definition) is 4. The highest BCUT2D eigenvalue weighted by Crippen LogP contribution is 2.32. The number of ether oxygens (including phenoxy) is 2. The summed E-state index contributed by atoms with van der Waals surface area (Å²) in [6.07, 6.45) is 3.97. The van der Waals surface area contributed by atoms with Crippen LogP contribution in [0.1, 0.15) is 11.1 Å². The van der Waals surface area contributed by atoms with Gasteiger partial charge in [0.25, 0.3) is 5.69 Å². The summed E-state index contributed by atoms with van der Waals surface area (Å²) in [7, 11) is 0. The molecular formula is C20H17ClN2O4. The van der Waals surface area contributed by atoms with Crippen LogP contribution in [-0.4, -0.2) is 11.7 Å². The summed E-state index contributed by atoms with van der Waals surface area (Å²) in [6, 6.07) is 17.2. The molecule has 0 N–H and O–H groups in total. The second kappa shape index (κ2) is 8.16. The zero-order chi connectivity index (χ0) is 17.9. The van der Waals surface area contributed by atoms with Gasteiger partial charge in [-0.3, -0.25) is 10.1 Å². The molecular weight excluding hydrogens is 368 g/mol. The first-order chi connectivity index (χ1) is 12.7. The van der Waals surface area contributed by atoms with E-state index in [2.05, 4.69) is 12.1 Å². The van der Waals surface area contributed by atoms with Gasteiger partial charge in [-0.1, -0.05) is 30.3 Å². The molecule has 6 nitrogen and oxygen atoms in total. The highest BCUT2D eigenvalue weighted by molar-refractivity contribution is 5.61. The topological polar surface area (TPSA) is 65.5 Å². The molecule has 4 rings (SSSR count). The molecule has 0 unspecified atom stereocenters. The number of nitro groups is 1. The quantitative estimate of drug-likeness (QED) is 0.372. The van der Waals surface area contributed by atoms with Gasteiger partial charge < -0.3 is 21.9 Å². The van der Waals surface area contributed by atoms with Crippen molar-refractivity contribution in [2.24, 2.45) is 0 Å². The van der Waals surface area contributed by atoms with Crippen molar-refractivity contribution >= 4 is 5.69 Å². The number of pyridine rings is 1. The Balaban J connectivity index is 0.00000210. The lowest BCUT2D eigenvalue weighted by molar-refractivity contribution is -0.687. The van der Waals surface area contributed by atoms with E-state index >= 15 is 0 Å². The molecule has 0 saturated carbocycles. The van der Waals surface area contributed by atoms with Crippen molar-refractivity contribution in [2.45, 2.75) is 13.2 Å². The number of rotatable bonds is 4. The van der Waals surface area contributed by atoms with E-state index in [-0.39, 0.29) is 29.8 Å². The van der Waals surface area contributed by atoms with Gasteiger partial charge >= 0.3 is 0 Å². The fourth-order valence-electron chi connectivity index (χ4n) is 3.12. The standard InChI is InChI=1S/C20H17N2O4.ClH/c23-22(24)19-9-17(20-18(10-19)13-25-14-26-20)12-21-8-4-7-16(11-21)15-5-2-1-3-6-15;/h1-11H,12-14H2;1H/q+1;/p-1. The van der Waals surface area contributed by atoms with E-state index in [0.29, 0.717) is 24.5 Å². The maximum atomic E-state index is 11.2. The van der Waals surface area contributed by atoms with Crippen LogP contribution in [0.4, 0.5) is 5.69 Å². The van der Waals surface area contributed by atoms with E-state index < -0.39 is 0 Å². The monoisotopic (exact) mass is 384 g/mol. The maximum absolute atomic E-state index is 11.2. The van der Waals surface area contributed by atoms with E-state index in [1.807, 2.05) is 47.3 Å². The van der Waals surface area contributed by atoms with Crippen LogP contribution in [0, 0.1) is 10.1 Å². The molecule has 0 radical (unpaired) electrons. The maximum Gasteiger partial charge on any atom is 0.270 e. The van der Waals surface area contributed by atoms with Crippen molar-refractivity contribution in [2.75, 3.05) is 6.79 Å². The number of fused-ring (bicyclic) bond motifs is 1. The van der Waals surface area contributed by atoms with Crippen molar-refractivity contribution in [3.63, 3.8) is 0 Å². The van der Waals surface area contributed by atoms with Crippen molar-refractivity contribution < 1.29 is 31.4 Å². The average molecular weight is 385 g/mol. The Hall–Kier alpha value is -2.96. The summed E-state index contributed by atoms with van der Waals surface area (Å²) in [5.74, 6) is 0.680. The van der Waals surface area contributed by atoms with Gasteiger partial charge in [0.1, 0.15) is 5.75 Å². The lowest BCUT2D eigenvalue weighted by Gasteiger charge is -2.19. The predicted octanol–water partition coefficient (Wildman–Crippen LogP) is 0.468. The molecule has 0 spiro atoms. The van der Waals surface area contributed by atoms with Gasteiger partial charge in [-0.15, -0.1) is 0 Å². The molecule has 1 aliphatic heterocycles.